The summed E-state index contributed by atoms with van der Waals surface area (Å²) in [5.41, 5.74) is 4.25. The Bertz CT molecular complexity index is 1130. The van der Waals surface area contributed by atoms with Gasteiger partial charge >= 0.3 is 0 Å². The molecule has 0 aromatic heterocycles. The summed E-state index contributed by atoms with van der Waals surface area (Å²) < 4.78 is 22.6. The van der Waals surface area contributed by atoms with Crippen LogP contribution in [-0.2, 0) is 20.4 Å². The molecular formula is C21H20N4O4S2. The summed E-state index contributed by atoms with van der Waals surface area (Å²) in [6.45, 7) is 0. The molecule has 1 amide bonds. The van der Waals surface area contributed by atoms with Gasteiger partial charge in [-0.15, -0.1) is 0 Å². The van der Waals surface area contributed by atoms with Crippen LogP contribution in [0.1, 0.15) is 11.1 Å². The third-order valence-electron chi connectivity index (χ3n) is 4.44. The summed E-state index contributed by atoms with van der Waals surface area (Å²) in [4.78, 5) is 12.9. The number of primary sulfonamides is 1. The number of nitrogens with two attached hydrogens (primary N) is 1. The maximum atomic E-state index is 13.0. The molecule has 160 valence electrons. The van der Waals surface area contributed by atoms with Crippen molar-refractivity contribution >= 4 is 38.9 Å². The number of nitrogens with one attached hydrogen (secondary N) is 3. The van der Waals surface area contributed by atoms with Gasteiger partial charge in [-0.25, -0.2) is 13.6 Å². The number of rotatable bonds is 5. The minimum atomic E-state index is -3.80. The average Bonchev–Trinajstić information content (AvgIpc) is 2.78. The van der Waals surface area contributed by atoms with Crippen LogP contribution in [0.5, 0.6) is 0 Å². The maximum absolute atomic E-state index is 13.0. The summed E-state index contributed by atoms with van der Waals surface area (Å²) >= 11 is 5.16. The van der Waals surface area contributed by atoms with Crippen LogP contribution in [0.25, 0.3) is 0 Å². The lowest BCUT2D eigenvalue weighted by Crippen LogP contribution is -2.53. The van der Waals surface area contributed by atoms with Crippen LogP contribution >= 0.6 is 12.2 Å². The van der Waals surface area contributed by atoms with Crippen molar-refractivity contribution in [2.75, 3.05) is 5.32 Å². The molecule has 8 nitrogen and oxygen atoms in total. The first kappa shape index (κ1) is 22.4. The summed E-state index contributed by atoms with van der Waals surface area (Å²) in [6.07, 6.45) is 0. The first-order valence-corrected chi connectivity index (χ1v) is 11.0. The minimum Gasteiger partial charge on any atom is -0.372 e. The Hall–Kier alpha value is -3.31. The lowest BCUT2D eigenvalue weighted by molar-refractivity contribution is -0.137. The van der Waals surface area contributed by atoms with Gasteiger partial charge in [0.05, 0.1) is 4.90 Å². The molecule has 10 heteroatoms. The number of hydrazine groups is 1. The van der Waals surface area contributed by atoms with E-state index < -0.39 is 21.5 Å². The summed E-state index contributed by atoms with van der Waals surface area (Å²) in [5, 5.41) is 19.2. The molecule has 3 aromatic carbocycles. The zero-order valence-electron chi connectivity index (χ0n) is 16.1. The molecule has 6 N–H and O–H groups in total. The molecule has 3 rings (SSSR count). The second kappa shape index (κ2) is 9.23. The van der Waals surface area contributed by atoms with Crippen LogP contribution < -0.4 is 21.3 Å². The lowest BCUT2D eigenvalue weighted by atomic mass is 9.85. The molecule has 0 radical (unpaired) electrons. The Morgan fingerprint density at radius 3 is 1.77 bits per heavy atom. The van der Waals surface area contributed by atoms with Crippen molar-refractivity contribution in [3.8, 4) is 0 Å². The monoisotopic (exact) mass is 456 g/mol. The SMILES string of the molecule is NS(=O)(=O)c1ccc(NC(=S)NNC(=O)C(O)(c2ccccc2)c2ccccc2)cc1. The molecular weight excluding hydrogens is 436 g/mol. The number of thiocarbonyl (C=S) groups is 1. The molecule has 0 bridgehead atoms. The molecule has 0 aliphatic rings. The average molecular weight is 457 g/mol. The van der Waals surface area contributed by atoms with E-state index in [4.69, 9.17) is 17.4 Å². The second-order valence-electron chi connectivity index (χ2n) is 6.55. The standard InChI is InChI=1S/C21H20N4O4S2/c22-31(28,29)18-13-11-17(12-14-18)23-20(30)25-24-19(26)21(27,15-7-3-1-4-8-15)16-9-5-2-6-10-16/h1-14,27H,(H,24,26)(H2,22,28,29)(H2,23,25,30). The number of benzene rings is 3. The van der Waals surface area contributed by atoms with E-state index in [1.165, 1.54) is 24.3 Å². The van der Waals surface area contributed by atoms with E-state index in [0.29, 0.717) is 16.8 Å². The van der Waals surface area contributed by atoms with Crippen molar-refractivity contribution in [2.45, 2.75) is 10.5 Å². The van der Waals surface area contributed by atoms with Gasteiger partial charge in [-0.1, -0.05) is 60.7 Å². The highest BCUT2D eigenvalue weighted by Gasteiger charge is 2.40. The molecule has 0 unspecified atom stereocenters. The number of amides is 1. The zero-order valence-corrected chi connectivity index (χ0v) is 17.8. The van der Waals surface area contributed by atoms with Gasteiger partial charge in [0, 0.05) is 5.69 Å². The van der Waals surface area contributed by atoms with E-state index in [1.54, 1.807) is 60.7 Å². The molecule has 0 aliphatic heterocycles. The Kier molecular flexibility index (Phi) is 6.66. The van der Waals surface area contributed by atoms with Gasteiger partial charge in [-0.05, 0) is 47.6 Å². The van der Waals surface area contributed by atoms with Crippen molar-refractivity contribution < 1.29 is 18.3 Å². The molecule has 0 aliphatic carbocycles. The van der Waals surface area contributed by atoms with Crippen molar-refractivity contribution in [2.24, 2.45) is 5.14 Å². The first-order chi connectivity index (χ1) is 14.7. The highest BCUT2D eigenvalue weighted by atomic mass is 32.2. The Labute approximate surface area is 185 Å². The highest BCUT2D eigenvalue weighted by Crippen LogP contribution is 2.29. The van der Waals surface area contributed by atoms with Crippen LogP contribution in [-0.4, -0.2) is 24.5 Å². The second-order valence-corrected chi connectivity index (χ2v) is 8.51. The number of hydrogen-bond acceptors (Lipinski definition) is 5. The Balaban J connectivity index is 1.72. The number of carbonyl (C=O) groups is 1. The maximum Gasteiger partial charge on any atom is 0.279 e. The summed E-state index contributed by atoms with van der Waals surface area (Å²) in [5.74, 6) is -0.737. The van der Waals surface area contributed by atoms with E-state index in [2.05, 4.69) is 16.2 Å². The topological polar surface area (TPSA) is 134 Å². The van der Waals surface area contributed by atoms with Gasteiger partial charge in [0.1, 0.15) is 0 Å². The molecule has 0 heterocycles. The number of hydrogen-bond donors (Lipinski definition) is 5. The largest absolute Gasteiger partial charge is 0.372 e. The van der Waals surface area contributed by atoms with Crippen molar-refractivity contribution in [1.29, 1.82) is 0 Å². The molecule has 0 saturated carbocycles. The van der Waals surface area contributed by atoms with Gasteiger partial charge in [-0.2, -0.15) is 0 Å². The van der Waals surface area contributed by atoms with E-state index in [-0.39, 0.29) is 10.0 Å². The fourth-order valence-electron chi connectivity index (χ4n) is 2.88. The van der Waals surface area contributed by atoms with E-state index in [1.807, 2.05) is 0 Å². The lowest BCUT2D eigenvalue weighted by Gasteiger charge is -2.28. The van der Waals surface area contributed by atoms with Crippen molar-refractivity contribution in [3.05, 3.63) is 96.1 Å². The fourth-order valence-corrected chi connectivity index (χ4v) is 3.57. The minimum absolute atomic E-state index is 0.0279. The van der Waals surface area contributed by atoms with Gasteiger partial charge < -0.3 is 10.4 Å². The van der Waals surface area contributed by atoms with E-state index in [0.717, 1.165) is 0 Å². The van der Waals surface area contributed by atoms with Crippen LogP contribution in [0.4, 0.5) is 5.69 Å². The van der Waals surface area contributed by atoms with E-state index >= 15 is 0 Å². The predicted molar refractivity (Wildman–Crippen MR) is 121 cm³/mol. The third kappa shape index (κ3) is 5.25. The smallest absolute Gasteiger partial charge is 0.279 e. The number of sulfonamides is 1. The summed E-state index contributed by atoms with van der Waals surface area (Å²) in [7, 11) is -3.80. The summed E-state index contributed by atoms with van der Waals surface area (Å²) in [6, 6.07) is 22.6. The van der Waals surface area contributed by atoms with Gasteiger partial charge in [0.15, 0.2) is 10.7 Å². The molecule has 0 atom stereocenters. The number of carbonyl (C=O) groups excluding carboxylic acids is 1. The quantitative estimate of drug-likeness (QED) is 0.291. The van der Waals surface area contributed by atoms with Crippen LogP contribution in [0.2, 0.25) is 0 Å². The normalized spacial score (nSPS) is 11.4. The van der Waals surface area contributed by atoms with E-state index in [9.17, 15) is 18.3 Å². The zero-order chi connectivity index (χ0) is 22.5. The first-order valence-electron chi connectivity index (χ1n) is 9.05. The highest BCUT2D eigenvalue weighted by molar-refractivity contribution is 7.89. The molecule has 31 heavy (non-hydrogen) atoms. The number of anilines is 1. The number of aliphatic hydroxyl groups is 1. The third-order valence-corrected chi connectivity index (χ3v) is 5.58. The van der Waals surface area contributed by atoms with Crippen LogP contribution in [0.15, 0.2) is 89.8 Å². The molecule has 0 fully saturated rings. The molecule has 0 spiro atoms. The van der Waals surface area contributed by atoms with Crippen molar-refractivity contribution in [1.82, 2.24) is 10.9 Å². The van der Waals surface area contributed by atoms with Gasteiger partial charge in [0.2, 0.25) is 10.0 Å². The Morgan fingerprint density at radius 1 is 0.839 bits per heavy atom. The molecule has 0 saturated heterocycles. The van der Waals surface area contributed by atoms with Gasteiger partial charge in [-0.3, -0.25) is 15.6 Å². The van der Waals surface area contributed by atoms with Gasteiger partial charge in [0.25, 0.3) is 5.91 Å². The Morgan fingerprint density at radius 2 is 1.32 bits per heavy atom. The predicted octanol–water partition coefficient (Wildman–Crippen LogP) is 1.59. The van der Waals surface area contributed by atoms with Crippen LogP contribution in [0.3, 0.4) is 0 Å². The van der Waals surface area contributed by atoms with Crippen molar-refractivity contribution in [3.63, 3.8) is 0 Å². The van der Waals surface area contributed by atoms with Crippen LogP contribution in [0, 0.1) is 0 Å². The fraction of sp³-hybridized carbons (Fsp3) is 0.0476. The molecule has 3 aromatic rings.